The smallest absolute Gasteiger partial charge is 0.135 e. The van der Waals surface area contributed by atoms with Crippen molar-refractivity contribution < 1.29 is 9.52 Å². The van der Waals surface area contributed by atoms with E-state index in [4.69, 9.17) is 4.42 Å². The molecule has 0 aliphatic carbocycles. The third-order valence-electron chi connectivity index (χ3n) is 4.13. The molecule has 3 heterocycles. The van der Waals surface area contributed by atoms with Crippen LogP contribution in [-0.2, 0) is 0 Å². The van der Waals surface area contributed by atoms with Crippen LogP contribution in [0.1, 0.15) is 27.2 Å². The molecule has 2 aromatic heterocycles. The molecule has 0 radical (unpaired) electrons. The van der Waals surface area contributed by atoms with Crippen LogP contribution in [0.4, 0.5) is 5.82 Å². The summed E-state index contributed by atoms with van der Waals surface area (Å²) < 4.78 is 5.34. The van der Waals surface area contributed by atoms with Gasteiger partial charge in [-0.3, -0.25) is 4.99 Å². The highest BCUT2D eigenvalue weighted by atomic mass is 16.3. The Kier molecular flexibility index (Phi) is 5.53. The molecule has 3 rings (SSSR count). The maximum absolute atomic E-state index is 10.2. The molecule has 1 aliphatic rings. The molecule has 1 aliphatic heterocycles. The minimum absolute atomic E-state index is 0.0668. The number of nitrogens with one attached hydrogen (secondary N) is 1. The number of hydrogen-bond donors (Lipinski definition) is 2. The fourth-order valence-corrected chi connectivity index (χ4v) is 2.91. The number of furan rings is 1. The Bertz CT molecular complexity index is 807. The van der Waals surface area contributed by atoms with Crippen LogP contribution in [0, 0.1) is 0 Å². The SMILES string of the molecule is CC1=CC(C)=NC(C)N1/C=C\CC(O)Nc1ccc(-c2ccco2)cn1. The van der Waals surface area contributed by atoms with E-state index in [1.54, 1.807) is 12.5 Å². The molecule has 26 heavy (non-hydrogen) atoms. The van der Waals surface area contributed by atoms with Crippen molar-refractivity contribution >= 4 is 11.5 Å². The van der Waals surface area contributed by atoms with Crippen LogP contribution in [0.25, 0.3) is 11.3 Å². The minimum Gasteiger partial charge on any atom is -0.464 e. The van der Waals surface area contributed by atoms with Crippen molar-refractivity contribution in [3.05, 3.63) is 60.8 Å². The van der Waals surface area contributed by atoms with Gasteiger partial charge in [-0.25, -0.2) is 4.98 Å². The van der Waals surface area contributed by atoms with E-state index >= 15 is 0 Å². The van der Waals surface area contributed by atoms with Crippen LogP contribution in [0.15, 0.2) is 70.2 Å². The predicted molar refractivity (Wildman–Crippen MR) is 103 cm³/mol. The number of nitrogens with zero attached hydrogens (tertiary/aromatic N) is 3. The Labute approximate surface area is 153 Å². The van der Waals surface area contributed by atoms with Gasteiger partial charge in [-0.15, -0.1) is 0 Å². The molecule has 6 heteroatoms. The van der Waals surface area contributed by atoms with E-state index in [0.29, 0.717) is 12.2 Å². The van der Waals surface area contributed by atoms with Gasteiger partial charge >= 0.3 is 0 Å². The Morgan fingerprint density at radius 1 is 1.35 bits per heavy atom. The normalized spacial score (nSPS) is 18.6. The number of allylic oxidation sites excluding steroid dienone is 2. The Morgan fingerprint density at radius 2 is 2.19 bits per heavy atom. The molecule has 0 amide bonds. The molecule has 2 N–H and O–H groups in total. The molecule has 0 saturated carbocycles. The highest BCUT2D eigenvalue weighted by Crippen LogP contribution is 2.20. The summed E-state index contributed by atoms with van der Waals surface area (Å²) in [6.07, 6.45) is 9.09. The van der Waals surface area contributed by atoms with Crippen LogP contribution < -0.4 is 5.32 Å². The summed E-state index contributed by atoms with van der Waals surface area (Å²) in [4.78, 5) is 10.9. The summed E-state index contributed by atoms with van der Waals surface area (Å²) in [5.74, 6) is 1.38. The summed E-state index contributed by atoms with van der Waals surface area (Å²) in [5, 5.41) is 13.2. The molecule has 2 aromatic rings. The minimum atomic E-state index is -0.720. The molecular formula is C20H24N4O2. The van der Waals surface area contributed by atoms with E-state index in [1.165, 1.54) is 0 Å². The van der Waals surface area contributed by atoms with Crippen LogP contribution in [-0.4, -0.2) is 33.1 Å². The van der Waals surface area contributed by atoms with Gasteiger partial charge in [0.1, 0.15) is 24.0 Å². The second kappa shape index (κ2) is 8.01. The molecule has 0 fully saturated rings. The monoisotopic (exact) mass is 352 g/mol. The lowest BCUT2D eigenvalue weighted by Gasteiger charge is -2.29. The van der Waals surface area contributed by atoms with Crippen LogP contribution >= 0.6 is 0 Å². The third kappa shape index (κ3) is 4.40. The summed E-state index contributed by atoms with van der Waals surface area (Å²) in [6, 6.07) is 7.44. The second-order valence-corrected chi connectivity index (χ2v) is 6.29. The Balaban J connectivity index is 1.53. The van der Waals surface area contributed by atoms with Gasteiger partial charge in [0.15, 0.2) is 0 Å². The van der Waals surface area contributed by atoms with Crippen molar-refractivity contribution in [1.29, 1.82) is 0 Å². The van der Waals surface area contributed by atoms with E-state index in [2.05, 4.69) is 27.1 Å². The predicted octanol–water partition coefficient (Wildman–Crippen LogP) is 4.00. The van der Waals surface area contributed by atoms with Gasteiger partial charge < -0.3 is 19.7 Å². The third-order valence-corrected chi connectivity index (χ3v) is 4.13. The van der Waals surface area contributed by atoms with Gasteiger partial charge in [-0.1, -0.05) is 6.08 Å². The van der Waals surface area contributed by atoms with Crippen LogP contribution in [0.5, 0.6) is 0 Å². The Morgan fingerprint density at radius 3 is 2.85 bits per heavy atom. The number of rotatable bonds is 6. The number of anilines is 1. The van der Waals surface area contributed by atoms with E-state index in [1.807, 2.05) is 56.5 Å². The molecule has 2 atom stereocenters. The average molecular weight is 352 g/mol. The van der Waals surface area contributed by atoms with Gasteiger partial charge in [0.25, 0.3) is 0 Å². The van der Waals surface area contributed by atoms with Crippen LogP contribution in [0.3, 0.4) is 0 Å². The number of aliphatic imine (C=N–C) groups is 1. The molecule has 0 aromatic carbocycles. The first-order valence-corrected chi connectivity index (χ1v) is 8.65. The van der Waals surface area contributed by atoms with Crippen molar-refractivity contribution in [3.63, 3.8) is 0 Å². The summed E-state index contributed by atoms with van der Waals surface area (Å²) >= 11 is 0. The quantitative estimate of drug-likeness (QED) is 0.769. The first kappa shape index (κ1) is 17.9. The maximum Gasteiger partial charge on any atom is 0.135 e. The molecular weight excluding hydrogens is 328 g/mol. The first-order valence-electron chi connectivity index (χ1n) is 8.65. The number of pyridine rings is 1. The van der Waals surface area contributed by atoms with Gasteiger partial charge in [-0.2, -0.15) is 0 Å². The fraction of sp³-hybridized carbons (Fsp3) is 0.300. The van der Waals surface area contributed by atoms with Gasteiger partial charge in [0.2, 0.25) is 0 Å². The zero-order chi connectivity index (χ0) is 18.5. The zero-order valence-electron chi connectivity index (χ0n) is 15.3. The van der Waals surface area contributed by atoms with Crippen molar-refractivity contribution in [2.75, 3.05) is 5.32 Å². The topological polar surface area (TPSA) is 73.9 Å². The van der Waals surface area contributed by atoms with Crippen molar-refractivity contribution in [1.82, 2.24) is 9.88 Å². The highest BCUT2D eigenvalue weighted by Gasteiger charge is 2.14. The first-order chi connectivity index (χ1) is 12.5. The molecule has 136 valence electrons. The lowest BCUT2D eigenvalue weighted by atomic mass is 10.2. The van der Waals surface area contributed by atoms with Gasteiger partial charge in [0, 0.05) is 35.8 Å². The number of aliphatic hydroxyl groups is 1. The van der Waals surface area contributed by atoms with Gasteiger partial charge in [-0.05, 0) is 51.1 Å². The zero-order valence-corrected chi connectivity index (χ0v) is 15.3. The maximum atomic E-state index is 10.2. The lowest BCUT2D eigenvalue weighted by Crippen LogP contribution is -2.29. The van der Waals surface area contributed by atoms with Crippen LogP contribution in [0.2, 0.25) is 0 Å². The van der Waals surface area contributed by atoms with Gasteiger partial charge in [0.05, 0.1) is 6.26 Å². The largest absolute Gasteiger partial charge is 0.464 e. The van der Waals surface area contributed by atoms with E-state index in [0.717, 1.165) is 22.7 Å². The van der Waals surface area contributed by atoms with Crippen molar-refractivity contribution in [2.45, 2.75) is 39.6 Å². The van der Waals surface area contributed by atoms with E-state index in [-0.39, 0.29) is 6.17 Å². The molecule has 0 spiro atoms. The summed E-state index contributed by atoms with van der Waals surface area (Å²) in [5.41, 5.74) is 3.07. The molecule has 2 unspecified atom stereocenters. The van der Waals surface area contributed by atoms with Crippen molar-refractivity contribution in [3.8, 4) is 11.3 Å². The highest BCUT2D eigenvalue weighted by molar-refractivity contribution is 5.94. The summed E-state index contributed by atoms with van der Waals surface area (Å²) in [6.45, 7) is 6.10. The second-order valence-electron chi connectivity index (χ2n) is 6.29. The van der Waals surface area contributed by atoms with Crippen molar-refractivity contribution in [2.24, 2.45) is 4.99 Å². The molecule has 0 saturated heterocycles. The molecule has 6 nitrogen and oxygen atoms in total. The average Bonchev–Trinajstić information content (AvgIpc) is 3.12. The number of hydrogen-bond acceptors (Lipinski definition) is 6. The number of aromatic nitrogens is 1. The summed E-state index contributed by atoms with van der Waals surface area (Å²) in [7, 11) is 0. The van der Waals surface area contributed by atoms with E-state index < -0.39 is 6.23 Å². The lowest BCUT2D eigenvalue weighted by molar-refractivity contribution is 0.206. The van der Waals surface area contributed by atoms with E-state index in [9.17, 15) is 5.11 Å². The number of aliphatic hydroxyl groups excluding tert-OH is 1. The Hall–Kier alpha value is -2.86. The standard InChI is InChI=1S/C20H24N4O2/c1-14-12-15(2)24(16(3)22-14)10-4-7-20(25)23-19-9-8-17(13-21-19)18-6-5-11-26-18/h4-6,8-13,16,20,25H,7H2,1-3H3,(H,21,23)/b10-4-. The fourth-order valence-electron chi connectivity index (χ4n) is 2.91. The molecule has 0 bridgehead atoms.